The van der Waals surface area contributed by atoms with Crippen molar-refractivity contribution >= 4 is 11.5 Å². The molecule has 0 aliphatic rings. The van der Waals surface area contributed by atoms with Crippen LogP contribution in [0.1, 0.15) is 25.8 Å². The summed E-state index contributed by atoms with van der Waals surface area (Å²) in [5.41, 5.74) is 6.29. The number of anilines is 2. The zero-order valence-corrected chi connectivity index (χ0v) is 14.7. The van der Waals surface area contributed by atoms with Crippen LogP contribution >= 0.6 is 0 Å². The van der Waals surface area contributed by atoms with Gasteiger partial charge in [-0.15, -0.1) is 0 Å². The molecule has 0 spiro atoms. The molecule has 1 atom stereocenters. The standard InChI is InChI=1S/C18H26N4O3/c1-3-13(2)11-21(9-10-23)15-16(19)22(18(25)20-17(15)24)12-14-7-5-4-6-8-14/h4-8,13,23H,3,9-12,19H2,1-2H3,(H,20,24,25). The maximum Gasteiger partial charge on any atom is 0.330 e. The van der Waals surface area contributed by atoms with E-state index in [1.54, 1.807) is 4.90 Å². The predicted octanol–water partition coefficient (Wildman–Crippen LogP) is 1.01. The van der Waals surface area contributed by atoms with Gasteiger partial charge in [0.1, 0.15) is 11.5 Å². The van der Waals surface area contributed by atoms with Crippen molar-refractivity contribution in [1.29, 1.82) is 0 Å². The average molecular weight is 346 g/mol. The van der Waals surface area contributed by atoms with Crippen LogP contribution in [0.5, 0.6) is 0 Å². The van der Waals surface area contributed by atoms with Crippen molar-refractivity contribution in [3.63, 3.8) is 0 Å². The van der Waals surface area contributed by atoms with E-state index in [9.17, 15) is 14.7 Å². The summed E-state index contributed by atoms with van der Waals surface area (Å²) in [7, 11) is 0. The van der Waals surface area contributed by atoms with Gasteiger partial charge in [-0.2, -0.15) is 0 Å². The van der Waals surface area contributed by atoms with E-state index in [1.165, 1.54) is 4.57 Å². The Morgan fingerprint density at radius 3 is 2.56 bits per heavy atom. The molecule has 1 unspecified atom stereocenters. The first-order chi connectivity index (χ1) is 12.0. The minimum atomic E-state index is -0.539. The van der Waals surface area contributed by atoms with Crippen LogP contribution in [0, 0.1) is 5.92 Å². The zero-order valence-electron chi connectivity index (χ0n) is 14.7. The molecule has 1 heterocycles. The van der Waals surface area contributed by atoms with Gasteiger partial charge in [0.2, 0.25) is 0 Å². The van der Waals surface area contributed by atoms with Crippen molar-refractivity contribution in [2.75, 3.05) is 30.3 Å². The summed E-state index contributed by atoms with van der Waals surface area (Å²) in [6.45, 7) is 5.15. The molecule has 4 N–H and O–H groups in total. The van der Waals surface area contributed by atoms with Gasteiger partial charge in [-0.25, -0.2) is 4.79 Å². The van der Waals surface area contributed by atoms with Crippen LogP contribution in [0.3, 0.4) is 0 Å². The second kappa shape index (κ2) is 8.53. The van der Waals surface area contributed by atoms with Gasteiger partial charge < -0.3 is 15.7 Å². The van der Waals surface area contributed by atoms with E-state index in [1.807, 2.05) is 30.3 Å². The van der Waals surface area contributed by atoms with Gasteiger partial charge in [0.25, 0.3) is 5.56 Å². The minimum absolute atomic E-state index is 0.104. The molecular formula is C18H26N4O3. The van der Waals surface area contributed by atoms with E-state index in [0.717, 1.165) is 12.0 Å². The number of aromatic nitrogens is 2. The molecule has 25 heavy (non-hydrogen) atoms. The smallest absolute Gasteiger partial charge is 0.330 e. The lowest BCUT2D eigenvalue weighted by molar-refractivity contribution is 0.299. The number of benzene rings is 1. The van der Waals surface area contributed by atoms with Crippen LogP contribution in [-0.2, 0) is 6.54 Å². The molecule has 0 saturated carbocycles. The number of aliphatic hydroxyl groups is 1. The van der Waals surface area contributed by atoms with Gasteiger partial charge in [-0.1, -0.05) is 50.6 Å². The lowest BCUT2D eigenvalue weighted by Gasteiger charge is -2.27. The Balaban J connectivity index is 2.48. The van der Waals surface area contributed by atoms with E-state index in [2.05, 4.69) is 18.8 Å². The first kappa shape index (κ1) is 18.8. The summed E-state index contributed by atoms with van der Waals surface area (Å²) in [6, 6.07) is 9.43. The molecule has 0 aliphatic carbocycles. The fourth-order valence-corrected chi connectivity index (χ4v) is 2.73. The molecule has 7 heteroatoms. The molecule has 136 valence electrons. The fourth-order valence-electron chi connectivity index (χ4n) is 2.73. The summed E-state index contributed by atoms with van der Waals surface area (Å²) in [6.07, 6.45) is 0.934. The Kier molecular flexibility index (Phi) is 6.41. The van der Waals surface area contributed by atoms with Crippen LogP contribution in [0.4, 0.5) is 11.5 Å². The van der Waals surface area contributed by atoms with Crippen molar-refractivity contribution in [1.82, 2.24) is 9.55 Å². The maximum absolute atomic E-state index is 12.4. The average Bonchev–Trinajstić information content (AvgIpc) is 2.59. The number of aliphatic hydroxyl groups excluding tert-OH is 1. The minimum Gasteiger partial charge on any atom is -0.395 e. The monoisotopic (exact) mass is 346 g/mol. The maximum atomic E-state index is 12.4. The fraction of sp³-hybridized carbons (Fsp3) is 0.444. The van der Waals surface area contributed by atoms with Crippen molar-refractivity contribution in [2.24, 2.45) is 5.92 Å². The number of nitrogens with two attached hydrogens (primary N) is 1. The molecule has 1 aromatic heterocycles. The SMILES string of the molecule is CCC(C)CN(CCO)c1c(N)n(Cc2ccccc2)c(=O)[nH]c1=O. The third kappa shape index (κ3) is 4.51. The lowest BCUT2D eigenvalue weighted by atomic mass is 10.1. The highest BCUT2D eigenvalue weighted by Crippen LogP contribution is 2.19. The van der Waals surface area contributed by atoms with Crippen LogP contribution in [0.25, 0.3) is 0 Å². The van der Waals surface area contributed by atoms with Crippen molar-refractivity contribution < 1.29 is 5.11 Å². The Bertz CT molecular complexity index is 798. The highest BCUT2D eigenvalue weighted by atomic mass is 16.3. The quantitative estimate of drug-likeness (QED) is 0.662. The van der Waals surface area contributed by atoms with Crippen LogP contribution < -0.4 is 21.9 Å². The molecular weight excluding hydrogens is 320 g/mol. The van der Waals surface area contributed by atoms with E-state index in [0.29, 0.717) is 12.5 Å². The molecule has 0 fully saturated rings. The zero-order chi connectivity index (χ0) is 18.4. The van der Waals surface area contributed by atoms with E-state index >= 15 is 0 Å². The Morgan fingerprint density at radius 2 is 1.96 bits per heavy atom. The summed E-state index contributed by atoms with van der Waals surface area (Å²) in [5, 5.41) is 9.36. The number of nitrogens with one attached hydrogen (secondary N) is 1. The Labute approximate surface area is 146 Å². The summed E-state index contributed by atoms with van der Waals surface area (Å²) < 4.78 is 1.35. The van der Waals surface area contributed by atoms with E-state index in [4.69, 9.17) is 5.73 Å². The third-order valence-corrected chi connectivity index (χ3v) is 4.31. The summed E-state index contributed by atoms with van der Waals surface area (Å²) >= 11 is 0. The van der Waals surface area contributed by atoms with Gasteiger partial charge in [0, 0.05) is 13.1 Å². The molecule has 0 aliphatic heterocycles. The molecule has 0 amide bonds. The highest BCUT2D eigenvalue weighted by Gasteiger charge is 2.20. The van der Waals surface area contributed by atoms with Gasteiger partial charge in [0.15, 0.2) is 0 Å². The highest BCUT2D eigenvalue weighted by molar-refractivity contribution is 5.62. The van der Waals surface area contributed by atoms with E-state index < -0.39 is 11.2 Å². The third-order valence-electron chi connectivity index (χ3n) is 4.31. The summed E-state index contributed by atoms with van der Waals surface area (Å²) in [4.78, 5) is 28.7. The number of hydrogen-bond donors (Lipinski definition) is 3. The van der Waals surface area contributed by atoms with Crippen LogP contribution in [-0.4, -0.2) is 34.4 Å². The lowest BCUT2D eigenvalue weighted by Crippen LogP contribution is -2.41. The molecule has 0 radical (unpaired) electrons. The molecule has 1 aromatic carbocycles. The van der Waals surface area contributed by atoms with Gasteiger partial charge >= 0.3 is 5.69 Å². The first-order valence-corrected chi connectivity index (χ1v) is 8.50. The molecule has 0 bridgehead atoms. The topological polar surface area (TPSA) is 104 Å². The Hall–Kier alpha value is -2.54. The molecule has 7 nitrogen and oxygen atoms in total. The van der Waals surface area contributed by atoms with Crippen LogP contribution in [0.15, 0.2) is 39.9 Å². The number of H-pyrrole nitrogens is 1. The van der Waals surface area contributed by atoms with Gasteiger partial charge in [-0.3, -0.25) is 14.3 Å². The number of aromatic amines is 1. The van der Waals surface area contributed by atoms with Crippen LogP contribution in [0.2, 0.25) is 0 Å². The summed E-state index contributed by atoms with van der Waals surface area (Å²) in [5.74, 6) is 0.439. The molecule has 2 rings (SSSR count). The van der Waals surface area contributed by atoms with Crippen molar-refractivity contribution in [3.8, 4) is 0 Å². The largest absolute Gasteiger partial charge is 0.395 e. The second-order valence-corrected chi connectivity index (χ2v) is 6.25. The number of nitrogens with zero attached hydrogens (tertiary/aromatic N) is 2. The van der Waals surface area contributed by atoms with E-state index in [-0.39, 0.29) is 31.2 Å². The molecule has 0 saturated heterocycles. The molecule has 2 aromatic rings. The number of rotatable bonds is 8. The van der Waals surface area contributed by atoms with Crippen molar-refractivity contribution in [2.45, 2.75) is 26.8 Å². The number of hydrogen-bond acceptors (Lipinski definition) is 5. The second-order valence-electron chi connectivity index (χ2n) is 6.25. The normalized spacial score (nSPS) is 12.1. The predicted molar refractivity (Wildman–Crippen MR) is 100 cm³/mol. The van der Waals surface area contributed by atoms with Gasteiger partial charge in [0.05, 0.1) is 13.2 Å². The van der Waals surface area contributed by atoms with Gasteiger partial charge in [-0.05, 0) is 11.5 Å². The Morgan fingerprint density at radius 1 is 1.28 bits per heavy atom. The number of nitrogen functional groups attached to an aromatic ring is 1. The van der Waals surface area contributed by atoms with Crippen molar-refractivity contribution in [3.05, 3.63) is 56.7 Å². The first-order valence-electron chi connectivity index (χ1n) is 8.50.